The number of imidazole rings is 2. The third kappa shape index (κ3) is 9.17. The average molecular weight is 486 g/mol. The van der Waals surface area contributed by atoms with Crippen molar-refractivity contribution in [2.45, 2.75) is 64.7 Å². The van der Waals surface area contributed by atoms with Crippen LogP contribution in [-0.4, -0.2) is 9.13 Å². The average Bonchev–Trinajstić information content (AvgIpc) is 3.22. The Bertz CT molecular complexity index is 635. The first kappa shape index (κ1) is 24.4. The van der Waals surface area contributed by atoms with Crippen LogP contribution in [0.4, 0.5) is 0 Å². The van der Waals surface area contributed by atoms with E-state index in [9.17, 15) is 0 Å². The topological polar surface area (TPSA) is 65.2 Å². The van der Waals surface area contributed by atoms with E-state index in [-0.39, 0.29) is 34.0 Å². The van der Waals surface area contributed by atoms with Gasteiger partial charge in [0.25, 0.3) is 0 Å². The highest BCUT2D eigenvalue weighted by Gasteiger charge is 2.06. The smallest absolute Gasteiger partial charge is 0.243 e. The molecule has 2 rings (SSSR count). The highest BCUT2D eigenvalue weighted by atomic mass is 79.9. The van der Waals surface area contributed by atoms with E-state index in [2.05, 4.69) is 67.8 Å². The van der Waals surface area contributed by atoms with Crippen molar-refractivity contribution in [3.63, 3.8) is 0 Å². The Morgan fingerprint density at radius 3 is 1.50 bits per heavy atom. The Morgan fingerprint density at radius 1 is 0.692 bits per heavy atom. The third-order valence-electron chi connectivity index (χ3n) is 3.98. The van der Waals surface area contributed by atoms with Gasteiger partial charge in [-0.3, -0.25) is 0 Å². The number of halogens is 2. The van der Waals surface area contributed by atoms with Crippen molar-refractivity contribution in [1.82, 2.24) is 9.13 Å². The molecule has 6 nitrogen and oxygen atoms in total. The van der Waals surface area contributed by atoms with Gasteiger partial charge >= 0.3 is 0 Å². The molecule has 0 amide bonds. The Hall–Kier alpha value is -1.64. The van der Waals surface area contributed by atoms with Crippen LogP contribution >= 0.6 is 0 Å². The zero-order valence-electron chi connectivity index (χ0n) is 15.0. The number of aryl methyl sites for hydroxylation is 4. The highest BCUT2D eigenvalue weighted by Crippen LogP contribution is 1.96. The number of aromatic nitrogens is 4. The van der Waals surface area contributed by atoms with Gasteiger partial charge in [0.15, 0.2) is 0 Å². The number of rotatable bonds is 11. The van der Waals surface area contributed by atoms with E-state index in [0.29, 0.717) is 12.8 Å². The standard InChI is InChI=1S/C18H26N6.2BrH/c19-7-1-3-9-21-13-15-23(17-21)11-5-6-12-24-16-14-22(18-24)10-4-2-8-20;;/h13-18H,1-6,9-12H2;2*1H/q+2;;/p-2. The molecule has 142 valence electrons. The predicted octanol–water partition coefficient (Wildman–Crippen LogP) is -4.04. The molecule has 2 aromatic rings. The summed E-state index contributed by atoms with van der Waals surface area (Å²) in [7, 11) is 0. The number of unbranched alkanes of at least 4 members (excludes halogenated alkanes) is 3. The second kappa shape index (κ2) is 14.5. The lowest BCUT2D eigenvalue weighted by atomic mass is 10.3. The van der Waals surface area contributed by atoms with Crippen LogP contribution in [0.5, 0.6) is 0 Å². The molecule has 0 aliphatic heterocycles. The quantitative estimate of drug-likeness (QED) is 0.240. The second-order valence-corrected chi connectivity index (χ2v) is 6.01. The Balaban J connectivity index is 0.00000312. The molecule has 2 heterocycles. The van der Waals surface area contributed by atoms with Crippen molar-refractivity contribution in [3.05, 3.63) is 37.4 Å². The summed E-state index contributed by atoms with van der Waals surface area (Å²) >= 11 is 0. The molecule has 0 fully saturated rings. The molecule has 2 aromatic heterocycles. The summed E-state index contributed by atoms with van der Waals surface area (Å²) in [6.45, 7) is 3.87. The zero-order valence-corrected chi connectivity index (χ0v) is 18.1. The largest absolute Gasteiger partial charge is 1.00 e. The fraction of sp³-hybridized carbons (Fsp3) is 0.556. The summed E-state index contributed by atoms with van der Waals surface area (Å²) in [4.78, 5) is 0. The summed E-state index contributed by atoms with van der Waals surface area (Å²) in [5, 5.41) is 17.1. The molecule has 0 N–H and O–H groups in total. The maximum absolute atomic E-state index is 8.56. The fourth-order valence-corrected chi connectivity index (χ4v) is 2.68. The molecule has 26 heavy (non-hydrogen) atoms. The van der Waals surface area contributed by atoms with Crippen molar-refractivity contribution in [3.8, 4) is 12.1 Å². The van der Waals surface area contributed by atoms with Crippen LogP contribution in [0.3, 0.4) is 0 Å². The minimum Gasteiger partial charge on any atom is -1.00 e. The Morgan fingerprint density at radius 2 is 1.12 bits per heavy atom. The van der Waals surface area contributed by atoms with Gasteiger partial charge in [0, 0.05) is 12.8 Å². The second-order valence-electron chi connectivity index (χ2n) is 6.01. The summed E-state index contributed by atoms with van der Waals surface area (Å²) in [6, 6.07) is 4.36. The molecule has 0 bridgehead atoms. The number of hydrogen-bond acceptors (Lipinski definition) is 2. The first-order chi connectivity index (χ1) is 11.8. The maximum Gasteiger partial charge on any atom is 0.243 e. The van der Waals surface area contributed by atoms with Gasteiger partial charge in [0.05, 0.1) is 38.3 Å². The van der Waals surface area contributed by atoms with Crippen molar-refractivity contribution in [2.75, 3.05) is 0 Å². The number of nitriles is 2. The monoisotopic (exact) mass is 484 g/mol. The van der Waals surface area contributed by atoms with E-state index in [0.717, 1.165) is 51.9 Å². The van der Waals surface area contributed by atoms with Crippen LogP contribution < -0.4 is 43.1 Å². The molecule has 0 aromatic carbocycles. The molecule has 0 saturated carbocycles. The molecule has 0 saturated heterocycles. The van der Waals surface area contributed by atoms with Crippen LogP contribution in [0.2, 0.25) is 0 Å². The molecule has 0 aliphatic rings. The minimum atomic E-state index is 0. The molecule has 0 unspecified atom stereocenters. The normalized spacial score (nSPS) is 9.62. The van der Waals surface area contributed by atoms with Gasteiger partial charge in [-0.05, 0) is 25.7 Å². The van der Waals surface area contributed by atoms with Gasteiger partial charge in [-0.15, -0.1) is 0 Å². The van der Waals surface area contributed by atoms with Gasteiger partial charge in [-0.2, -0.15) is 10.5 Å². The van der Waals surface area contributed by atoms with Crippen molar-refractivity contribution in [2.24, 2.45) is 0 Å². The van der Waals surface area contributed by atoms with E-state index in [1.807, 2.05) is 0 Å². The van der Waals surface area contributed by atoms with Crippen molar-refractivity contribution < 1.29 is 43.1 Å². The first-order valence-corrected chi connectivity index (χ1v) is 8.65. The fourth-order valence-electron chi connectivity index (χ4n) is 2.68. The molecule has 0 aliphatic carbocycles. The SMILES string of the molecule is N#CCCCn1cc[n+](CCCC[n+]2ccn(CCCC#N)c2)c1.[Br-].[Br-]. The van der Waals surface area contributed by atoms with Crippen LogP contribution in [0.1, 0.15) is 38.5 Å². The first-order valence-electron chi connectivity index (χ1n) is 8.65. The summed E-state index contributed by atoms with van der Waals surface area (Å²) < 4.78 is 8.72. The Labute approximate surface area is 176 Å². The van der Waals surface area contributed by atoms with Crippen molar-refractivity contribution >= 4 is 0 Å². The molecular weight excluding hydrogens is 460 g/mol. The molecule has 8 heteroatoms. The molecular formula is C18H26Br2N6. The van der Waals surface area contributed by atoms with Crippen LogP contribution in [0.15, 0.2) is 37.4 Å². The Kier molecular flexibility index (Phi) is 13.6. The zero-order chi connectivity index (χ0) is 17.0. The van der Waals surface area contributed by atoms with Gasteiger partial charge in [-0.25, -0.2) is 18.3 Å². The summed E-state index contributed by atoms with van der Waals surface area (Å²) in [5.74, 6) is 0. The van der Waals surface area contributed by atoms with E-state index in [4.69, 9.17) is 10.5 Å². The lowest BCUT2D eigenvalue weighted by molar-refractivity contribution is -0.707. The van der Waals surface area contributed by atoms with Gasteiger partial charge < -0.3 is 34.0 Å². The van der Waals surface area contributed by atoms with E-state index in [1.165, 1.54) is 0 Å². The molecule has 0 atom stereocenters. The van der Waals surface area contributed by atoms with Crippen LogP contribution in [-0.2, 0) is 26.2 Å². The lowest BCUT2D eigenvalue weighted by Gasteiger charge is -1.97. The number of nitrogens with zero attached hydrogens (tertiary/aromatic N) is 6. The van der Waals surface area contributed by atoms with Gasteiger partial charge in [0.1, 0.15) is 24.8 Å². The number of hydrogen-bond donors (Lipinski definition) is 0. The maximum atomic E-state index is 8.56. The van der Waals surface area contributed by atoms with Crippen molar-refractivity contribution in [1.29, 1.82) is 10.5 Å². The molecule has 0 spiro atoms. The predicted molar refractivity (Wildman–Crippen MR) is 88.2 cm³/mol. The molecule has 0 radical (unpaired) electrons. The highest BCUT2D eigenvalue weighted by molar-refractivity contribution is 4.72. The lowest BCUT2D eigenvalue weighted by Crippen LogP contribution is -3.00. The van der Waals surface area contributed by atoms with Crippen LogP contribution in [0, 0.1) is 22.7 Å². The van der Waals surface area contributed by atoms with Gasteiger partial charge in [0.2, 0.25) is 12.7 Å². The van der Waals surface area contributed by atoms with Crippen LogP contribution in [0.25, 0.3) is 0 Å². The minimum absolute atomic E-state index is 0. The third-order valence-corrected chi connectivity index (χ3v) is 3.98. The van der Waals surface area contributed by atoms with E-state index >= 15 is 0 Å². The summed E-state index contributed by atoms with van der Waals surface area (Å²) in [6.07, 6.45) is 17.9. The van der Waals surface area contributed by atoms with E-state index < -0.39 is 0 Å². The van der Waals surface area contributed by atoms with E-state index in [1.54, 1.807) is 0 Å². The summed E-state index contributed by atoms with van der Waals surface area (Å²) in [5.41, 5.74) is 0. The van der Waals surface area contributed by atoms with Gasteiger partial charge in [-0.1, -0.05) is 0 Å².